The summed E-state index contributed by atoms with van der Waals surface area (Å²) < 4.78 is 17.7. The molecule has 8 aromatic carbocycles. The number of para-hydroxylation sites is 6. The van der Waals surface area contributed by atoms with E-state index in [1.54, 1.807) is 0 Å². The molecule has 0 unspecified atom stereocenters. The molecule has 0 radical (unpaired) electrons. The van der Waals surface area contributed by atoms with Crippen LogP contribution < -0.4 is 0 Å². The van der Waals surface area contributed by atoms with Crippen molar-refractivity contribution in [1.29, 1.82) is 0 Å². The average molecular weight is 744 g/mol. The zero-order valence-corrected chi connectivity index (χ0v) is 30.8. The van der Waals surface area contributed by atoms with E-state index in [1.165, 1.54) is 10.8 Å². The van der Waals surface area contributed by atoms with Crippen LogP contribution in [-0.4, -0.2) is 24.1 Å². The first kappa shape index (κ1) is 31.2. The fourth-order valence-electron chi connectivity index (χ4n) is 9.11. The molecule has 0 aliphatic rings. The minimum Gasteiger partial charge on any atom is -0.456 e. The summed E-state index contributed by atoms with van der Waals surface area (Å²) in [5.74, 6) is 1.57. The largest absolute Gasteiger partial charge is 0.456 e. The minimum atomic E-state index is 0.513. The SMILES string of the molecule is c1ccc2c(c1)oc1cccc(-c3nc(-c4cccc5c4oc4cc(-n6c7ccccc7c7ccccc76)ccc45)nc(-n4c5ccccc5c5ccccc54)n3)c12. The molecular weight excluding hydrogens is 715 g/mol. The Balaban J connectivity index is 1.08. The highest BCUT2D eigenvalue weighted by Gasteiger charge is 2.23. The van der Waals surface area contributed by atoms with Crippen molar-refractivity contribution in [2.45, 2.75) is 0 Å². The highest BCUT2D eigenvalue weighted by atomic mass is 16.3. The lowest BCUT2D eigenvalue weighted by Crippen LogP contribution is -2.06. The number of fused-ring (bicyclic) bond motifs is 12. The lowest BCUT2D eigenvalue weighted by Gasteiger charge is -2.11. The van der Waals surface area contributed by atoms with Crippen LogP contribution in [0.1, 0.15) is 0 Å². The number of furan rings is 2. The predicted octanol–water partition coefficient (Wildman–Crippen LogP) is 13.2. The third kappa shape index (κ3) is 4.35. The predicted molar refractivity (Wildman–Crippen MR) is 234 cm³/mol. The zero-order chi connectivity index (χ0) is 37.9. The van der Waals surface area contributed by atoms with Crippen molar-refractivity contribution in [3.63, 3.8) is 0 Å². The molecule has 0 saturated heterocycles. The number of aromatic nitrogens is 5. The summed E-state index contributed by atoms with van der Waals surface area (Å²) in [7, 11) is 0. The molecule has 0 N–H and O–H groups in total. The summed E-state index contributed by atoms with van der Waals surface area (Å²) in [4.78, 5) is 15.9. The van der Waals surface area contributed by atoms with Crippen molar-refractivity contribution in [3.8, 4) is 34.4 Å². The zero-order valence-electron chi connectivity index (χ0n) is 30.8. The van der Waals surface area contributed by atoms with Crippen LogP contribution in [0.5, 0.6) is 0 Å². The highest BCUT2D eigenvalue weighted by molar-refractivity contribution is 6.14. The van der Waals surface area contributed by atoms with Gasteiger partial charge in [-0.05, 0) is 54.6 Å². The summed E-state index contributed by atoms with van der Waals surface area (Å²) in [5.41, 5.74) is 10.1. The minimum absolute atomic E-state index is 0.513. The molecule has 13 aromatic rings. The second-order valence-corrected chi connectivity index (χ2v) is 14.8. The van der Waals surface area contributed by atoms with Gasteiger partial charge < -0.3 is 13.4 Å². The maximum atomic E-state index is 6.90. The molecule has 0 fully saturated rings. The first-order valence-corrected chi connectivity index (χ1v) is 19.4. The third-order valence-corrected chi connectivity index (χ3v) is 11.6. The molecule has 0 atom stereocenters. The van der Waals surface area contributed by atoms with E-state index in [4.69, 9.17) is 23.8 Å². The number of benzene rings is 8. The lowest BCUT2D eigenvalue weighted by molar-refractivity contribution is 0.668. The standard InChI is InChI=1S/C51H29N5O2/c1-6-21-40-31(13-1)32-14-2-7-22-41(32)55(40)30-27-28-35-36-18-11-20-39(48(36)58-46(35)29-30)50-52-49(38-19-12-26-45-47(38)37-17-5-10-25-44(37)57-45)53-51(54-50)56-42-23-8-3-15-33(42)34-16-4-9-24-43(34)56/h1-29H. The summed E-state index contributed by atoms with van der Waals surface area (Å²) in [6.45, 7) is 0. The molecule has 0 saturated carbocycles. The first-order valence-electron chi connectivity index (χ1n) is 19.4. The first-order chi connectivity index (χ1) is 28.8. The van der Waals surface area contributed by atoms with Gasteiger partial charge >= 0.3 is 0 Å². The van der Waals surface area contributed by atoms with Crippen LogP contribution in [0.4, 0.5) is 0 Å². The molecule has 13 rings (SSSR count). The van der Waals surface area contributed by atoms with E-state index in [2.05, 4.69) is 149 Å². The Morgan fingerprint density at radius 2 is 0.862 bits per heavy atom. The molecule has 0 bridgehead atoms. The summed E-state index contributed by atoms with van der Waals surface area (Å²) in [5, 5.41) is 8.67. The fraction of sp³-hybridized carbons (Fsp3) is 0. The third-order valence-electron chi connectivity index (χ3n) is 11.6. The van der Waals surface area contributed by atoms with Gasteiger partial charge in [0.2, 0.25) is 5.95 Å². The van der Waals surface area contributed by atoms with E-state index in [9.17, 15) is 0 Å². The van der Waals surface area contributed by atoms with Gasteiger partial charge in [0.1, 0.15) is 22.3 Å². The number of nitrogens with zero attached hydrogens (tertiary/aromatic N) is 5. The Labute approximate surface area is 329 Å². The number of hydrogen-bond acceptors (Lipinski definition) is 5. The Hall–Kier alpha value is -8.03. The van der Waals surface area contributed by atoms with Crippen molar-refractivity contribution < 1.29 is 8.83 Å². The smallest absolute Gasteiger partial charge is 0.238 e. The normalized spacial score (nSPS) is 12.1. The van der Waals surface area contributed by atoms with Gasteiger partial charge in [-0.3, -0.25) is 4.57 Å². The summed E-state index contributed by atoms with van der Waals surface area (Å²) in [6.07, 6.45) is 0. The van der Waals surface area contributed by atoms with E-state index in [0.717, 1.165) is 87.9 Å². The van der Waals surface area contributed by atoms with Gasteiger partial charge in [0.05, 0.1) is 27.6 Å². The van der Waals surface area contributed by atoms with Crippen LogP contribution in [0.3, 0.4) is 0 Å². The Morgan fingerprint density at radius 1 is 0.345 bits per heavy atom. The van der Waals surface area contributed by atoms with Crippen molar-refractivity contribution in [2.24, 2.45) is 0 Å². The van der Waals surface area contributed by atoms with Crippen molar-refractivity contribution in [2.75, 3.05) is 0 Å². The molecule has 0 aliphatic carbocycles. The van der Waals surface area contributed by atoms with Gasteiger partial charge in [-0.1, -0.05) is 115 Å². The summed E-state index contributed by atoms with van der Waals surface area (Å²) >= 11 is 0. The average Bonchev–Trinajstić information content (AvgIpc) is 4.03. The van der Waals surface area contributed by atoms with E-state index in [1.807, 2.05) is 36.4 Å². The van der Waals surface area contributed by atoms with E-state index in [-0.39, 0.29) is 0 Å². The van der Waals surface area contributed by atoms with E-state index < -0.39 is 0 Å². The molecule has 5 heterocycles. The van der Waals surface area contributed by atoms with Gasteiger partial charge in [0, 0.05) is 60.4 Å². The van der Waals surface area contributed by atoms with Crippen molar-refractivity contribution in [1.82, 2.24) is 24.1 Å². The van der Waals surface area contributed by atoms with E-state index >= 15 is 0 Å². The van der Waals surface area contributed by atoms with Gasteiger partial charge in [0.25, 0.3) is 0 Å². The van der Waals surface area contributed by atoms with Crippen LogP contribution in [0.15, 0.2) is 185 Å². The molecule has 0 aliphatic heterocycles. The Morgan fingerprint density at radius 3 is 1.53 bits per heavy atom. The van der Waals surface area contributed by atoms with Gasteiger partial charge in [-0.15, -0.1) is 0 Å². The number of rotatable bonds is 4. The second-order valence-electron chi connectivity index (χ2n) is 14.8. The van der Waals surface area contributed by atoms with Gasteiger partial charge in [-0.2, -0.15) is 9.97 Å². The molecule has 0 spiro atoms. The van der Waals surface area contributed by atoms with Crippen LogP contribution in [0.25, 0.3) is 122 Å². The molecule has 7 nitrogen and oxygen atoms in total. The highest BCUT2D eigenvalue weighted by Crippen LogP contribution is 2.41. The molecule has 5 aromatic heterocycles. The monoisotopic (exact) mass is 743 g/mol. The Kier molecular flexibility index (Phi) is 6.32. The molecule has 7 heteroatoms. The van der Waals surface area contributed by atoms with Crippen molar-refractivity contribution >= 4 is 87.5 Å². The second kappa shape index (κ2) is 11.7. The van der Waals surface area contributed by atoms with Crippen molar-refractivity contribution in [3.05, 3.63) is 176 Å². The quantitative estimate of drug-likeness (QED) is 0.179. The van der Waals surface area contributed by atoms with Crippen LogP contribution >= 0.6 is 0 Å². The molecule has 270 valence electrons. The topological polar surface area (TPSA) is 74.8 Å². The van der Waals surface area contributed by atoms with Gasteiger partial charge in [0.15, 0.2) is 11.6 Å². The lowest BCUT2D eigenvalue weighted by atomic mass is 10.1. The van der Waals surface area contributed by atoms with Gasteiger partial charge in [-0.25, -0.2) is 4.98 Å². The van der Waals surface area contributed by atoms with Crippen LogP contribution in [-0.2, 0) is 0 Å². The maximum Gasteiger partial charge on any atom is 0.238 e. The van der Waals surface area contributed by atoms with E-state index in [0.29, 0.717) is 23.2 Å². The van der Waals surface area contributed by atoms with Crippen LogP contribution in [0.2, 0.25) is 0 Å². The maximum absolute atomic E-state index is 6.90. The fourth-order valence-corrected chi connectivity index (χ4v) is 9.11. The summed E-state index contributed by atoms with van der Waals surface area (Å²) in [6, 6.07) is 60.8. The Bertz CT molecular complexity index is 3720. The molecular formula is C51H29N5O2. The molecule has 0 amide bonds. The number of hydrogen-bond donors (Lipinski definition) is 0. The molecule has 58 heavy (non-hydrogen) atoms. The van der Waals surface area contributed by atoms with Crippen LogP contribution in [0, 0.1) is 0 Å².